The molecule has 88 valence electrons. The summed E-state index contributed by atoms with van der Waals surface area (Å²) in [4.78, 5) is 10.5. The summed E-state index contributed by atoms with van der Waals surface area (Å²) in [6.07, 6.45) is -0.322. The second-order valence-corrected chi connectivity index (χ2v) is 4.14. The van der Waals surface area contributed by atoms with Crippen molar-refractivity contribution in [2.24, 2.45) is 5.73 Å². The molecule has 0 aliphatic heterocycles. The Balaban J connectivity index is 3.26. The third-order valence-electron chi connectivity index (χ3n) is 2.55. The lowest BCUT2D eigenvalue weighted by Crippen LogP contribution is -2.18. The third kappa shape index (κ3) is 2.51. The lowest BCUT2D eigenvalue weighted by Gasteiger charge is -2.16. The Morgan fingerprint density at radius 3 is 2.69 bits per heavy atom. The van der Waals surface area contributed by atoms with Crippen LogP contribution in [0.25, 0.3) is 0 Å². The van der Waals surface area contributed by atoms with Crippen molar-refractivity contribution in [1.29, 1.82) is 0 Å². The first-order valence-electron chi connectivity index (χ1n) is 4.77. The molecular weight excluding hydrogens is 233 g/mol. The quantitative estimate of drug-likeness (QED) is 0.860. The molecule has 0 bridgehead atoms. The van der Waals surface area contributed by atoms with Crippen molar-refractivity contribution < 1.29 is 14.3 Å². The van der Waals surface area contributed by atoms with Gasteiger partial charge in [0.15, 0.2) is 0 Å². The summed E-state index contributed by atoms with van der Waals surface area (Å²) >= 11 is 5.69. The van der Waals surface area contributed by atoms with Crippen LogP contribution < -0.4 is 5.73 Å². The van der Waals surface area contributed by atoms with Crippen molar-refractivity contribution in [2.75, 3.05) is 0 Å². The van der Waals surface area contributed by atoms with Gasteiger partial charge in [-0.05, 0) is 31.0 Å². The maximum Gasteiger partial charge on any atom is 0.305 e. The Hall–Kier alpha value is -1.13. The van der Waals surface area contributed by atoms with E-state index in [1.165, 1.54) is 6.07 Å². The molecule has 0 aliphatic rings. The molecule has 0 fully saturated rings. The zero-order chi connectivity index (χ0) is 12.5. The molecule has 1 atom stereocenters. The zero-order valence-electron chi connectivity index (χ0n) is 9.05. The van der Waals surface area contributed by atoms with Gasteiger partial charge in [-0.25, -0.2) is 4.39 Å². The van der Waals surface area contributed by atoms with Crippen molar-refractivity contribution in [3.05, 3.63) is 33.6 Å². The first-order valence-corrected chi connectivity index (χ1v) is 5.14. The first kappa shape index (κ1) is 12.9. The lowest BCUT2D eigenvalue weighted by molar-refractivity contribution is -0.137. The topological polar surface area (TPSA) is 63.3 Å². The van der Waals surface area contributed by atoms with Crippen LogP contribution in [0.5, 0.6) is 0 Å². The van der Waals surface area contributed by atoms with Crippen LogP contribution in [-0.2, 0) is 4.79 Å². The van der Waals surface area contributed by atoms with E-state index in [1.54, 1.807) is 13.8 Å². The second kappa shape index (κ2) is 4.80. The molecule has 0 amide bonds. The lowest BCUT2D eigenvalue weighted by atomic mass is 9.95. The number of hydrogen-bond donors (Lipinski definition) is 2. The van der Waals surface area contributed by atoms with E-state index in [0.29, 0.717) is 5.56 Å². The number of rotatable bonds is 3. The van der Waals surface area contributed by atoms with Gasteiger partial charge in [-0.1, -0.05) is 11.6 Å². The summed E-state index contributed by atoms with van der Waals surface area (Å²) in [5.41, 5.74) is 7.29. The average Bonchev–Trinajstić information content (AvgIpc) is 2.14. The molecule has 0 aromatic heterocycles. The van der Waals surface area contributed by atoms with Gasteiger partial charge in [-0.15, -0.1) is 0 Å². The van der Waals surface area contributed by atoms with Gasteiger partial charge in [0.2, 0.25) is 0 Å². The summed E-state index contributed by atoms with van der Waals surface area (Å²) in [6.45, 7) is 3.48. The van der Waals surface area contributed by atoms with E-state index in [0.717, 1.165) is 5.56 Å². The summed E-state index contributed by atoms with van der Waals surface area (Å²) in [5, 5.41) is 8.60. The number of carboxylic acids is 1. The van der Waals surface area contributed by atoms with Crippen LogP contribution in [0, 0.1) is 19.7 Å². The van der Waals surface area contributed by atoms with Crippen LogP contribution >= 0.6 is 11.6 Å². The van der Waals surface area contributed by atoms with E-state index < -0.39 is 17.8 Å². The average molecular weight is 246 g/mol. The smallest absolute Gasteiger partial charge is 0.305 e. The zero-order valence-corrected chi connectivity index (χ0v) is 9.81. The molecule has 1 rings (SSSR count). The Morgan fingerprint density at radius 1 is 1.62 bits per heavy atom. The van der Waals surface area contributed by atoms with Crippen LogP contribution in [0.3, 0.4) is 0 Å². The number of carboxylic acid groups (broad SMARTS) is 1. The van der Waals surface area contributed by atoms with E-state index in [1.807, 2.05) is 0 Å². The van der Waals surface area contributed by atoms with Crippen molar-refractivity contribution in [1.82, 2.24) is 0 Å². The van der Waals surface area contributed by atoms with Crippen LogP contribution in [-0.4, -0.2) is 11.1 Å². The van der Waals surface area contributed by atoms with Gasteiger partial charge in [0.25, 0.3) is 0 Å². The molecular formula is C11H13ClFNO2. The number of carbonyl (C=O) groups is 1. The van der Waals surface area contributed by atoms with Gasteiger partial charge < -0.3 is 10.8 Å². The number of hydrogen-bond acceptors (Lipinski definition) is 2. The monoisotopic (exact) mass is 245 g/mol. The Bertz CT molecular complexity index is 408. The van der Waals surface area contributed by atoms with Gasteiger partial charge in [-0.2, -0.15) is 0 Å². The minimum absolute atomic E-state index is 0.0288. The van der Waals surface area contributed by atoms with E-state index in [-0.39, 0.29) is 17.0 Å². The van der Waals surface area contributed by atoms with E-state index in [2.05, 4.69) is 0 Å². The highest BCUT2D eigenvalue weighted by molar-refractivity contribution is 6.30. The predicted molar refractivity (Wildman–Crippen MR) is 60.1 cm³/mol. The van der Waals surface area contributed by atoms with Gasteiger partial charge in [-0.3, -0.25) is 4.79 Å². The fourth-order valence-electron chi connectivity index (χ4n) is 1.60. The molecule has 0 aliphatic carbocycles. The number of aryl methyl sites for hydroxylation is 1. The Kier molecular flexibility index (Phi) is 3.88. The molecule has 3 N–H and O–H groups in total. The fourth-order valence-corrected chi connectivity index (χ4v) is 1.86. The maximum absolute atomic E-state index is 13.7. The molecule has 1 aromatic carbocycles. The molecule has 0 saturated heterocycles. The fraction of sp³-hybridized carbons (Fsp3) is 0.364. The van der Waals surface area contributed by atoms with Crippen LogP contribution in [0.15, 0.2) is 6.07 Å². The van der Waals surface area contributed by atoms with Gasteiger partial charge in [0, 0.05) is 11.6 Å². The standard InChI is InChI=1S/C11H13ClFNO2/c1-5-3-7(12)11(13)10(6(5)2)8(14)4-9(15)16/h3,8H,4,14H2,1-2H3,(H,15,16). The molecule has 0 heterocycles. The highest BCUT2D eigenvalue weighted by Crippen LogP contribution is 2.29. The predicted octanol–water partition coefficient (Wildman–Crippen LogP) is 2.57. The highest BCUT2D eigenvalue weighted by atomic mass is 35.5. The third-order valence-corrected chi connectivity index (χ3v) is 2.83. The summed E-state index contributed by atoms with van der Waals surface area (Å²) < 4.78 is 13.7. The van der Waals surface area contributed by atoms with Crippen molar-refractivity contribution in [3.8, 4) is 0 Å². The van der Waals surface area contributed by atoms with Gasteiger partial charge in [0.1, 0.15) is 5.82 Å². The SMILES string of the molecule is Cc1cc(Cl)c(F)c(C(N)CC(=O)O)c1C. The van der Waals surface area contributed by atoms with Gasteiger partial charge in [0.05, 0.1) is 11.4 Å². The van der Waals surface area contributed by atoms with Crippen molar-refractivity contribution in [3.63, 3.8) is 0 Å². The second-order valence-electron chi connectivity index (χ2n) is 3.73. The number of benzene rings is 1. The van der Waals surface area contributed by atoms with Crippen molar-refractivity contribution in [2.45, 2.75) is 26.3 Å². The maximum atomic E-state index is 13.7. The molecule has 0 radical (unpaired) electrons. The number of aliphatic carboxylic acids is 1. The van der Waals surface area contributed by atoms with Crippen LogP contribution in [0.4, 0.5) is 4.39 Å². The normalized spacial score (nSPS) is 12.6. The number of nitrogens with two attached hydrogens (primary N) is 1. The largest absolute Gasteiger partial charge is 0.481 e. The van der Waals surface area contributed by atoms with Crippen LogP contribution in [0.2, 0.25) is 5.02 Å². The molecule has 1 unspecified atom stereocenters. The minimum Gasteiger partial charge on any atom is -0.481 e. The molecule has 1 aromatic rings. The van der Waals surface area contributed by atoms with E-state index in [4.69, 9.17) is 22.4 Å². The highest BCUT2D eigenvalue weighted by Gasteiger charge is 2.20. The number of halogens is 2. The molecule has 0 spiro atoms. The van der Waals surface area contributed by atoms with Gasteiger partial charge >= 0.3 is 5.97 Å². The summed E-state index contributed by atoms with van der Waals surface area (Å²) in [5.74, 6) is -1.69. The molecule has 0 saturated carbocycles. The Labute approximate surface area is 98.0 Å². The molecule has 3 nitrogen and oxygen atoms in total. The van der Waals surface area contributed by atoms with Crippen molar-refractivity contribution >= 4 is 17.6 Å². The molecule has 5 heteroatoms. The van der Waals surface area contributed by atoms with E-state index in [9.17, 15) is 9.18 Å². The van der Waals surface area contributed by atoms with Crippen LogP contribution in [0.1, 0.15) is 29.2 Å². The summed E-state index contributed by atoms with van der Waals surface area (Å²) in [7, 11) is 0. The Morgan fingerprint density at radius 2 is 2.19 bits per heavy atom. The first-order chi connectivity index (χ1) is 7.34. The van der Waals surface area contributed by atoms with E-state index >= 15 is 0 Å². The minimum atomic E-state index is -1.07. The molecule has 16 heavy (non-hydrogen) atoms. The summed E-state index contributed by atoms with van der Waals surface area (Å²) in [6, 6.07) is 0.623.